The van der Waals surface area contributed by atoms with Crippen LogP contribution in [-0.4, -0.2) is 29.1 Å². The summed E-state index contributed by atoms with van der Waals surface area (Å²) in [5, 5.41) is 5.88. The molecule has 0 aromatic heterocycles. The summed E-state index contributed by atoms with van der Waals surface area (Å²) in [5.41, 5.74) is 0.888. The van der Waals surface area contributed by atoms with E-state index in [4.69, 9.17) is 34.8 Å². The largest absolute Gasteiger partial charge is 0.311 e. The first kappa shape index (κ1) is 15.1. The summed E-state index contributed by atoms with van der Waals surface area (Å²) in [4.78, 5) is 0. The summed E-state index contributed by atoms with van der Waals surface area (Å²) >= 11 is 22.3. The molecule has 0 saturated carbocycles. The van der Waals surface area contributed by atoms with Gasteiger partial charge in [0.2, 0.25) is 0 Å². The molecule has 0 radical (unpaired) electrons. The minimum atomic E-state index is 0.556. The molecule has 1 fully saturated rings. The first-order valence-corrected chi connectivity index (χ1v) is 9.04. The molecule has 2 rings (SSSR count). The Morgan fingerprint density at radius 2 is 1.94 bits per heavy atom. The lowest BCUT2D eigenvalue weighted by Gasteiger charge is -2.21. The van der Waals surface area contributed by atoms with E-state index in [0.717, 1.165) is 12.1 Å². The first-order chi connectivity index (χ1) is 8.68. The van der Waals surface area contributed by atoms with Gasteiger partial charge < -0.3 is 5.32 Å². The number of hydrogen-bond donors (Lipinski definition) is 1. The molecule has 1 unspecified atom stereocenters. The number of nitrogens with one attached hydrogen (secondary N) is 1. The molecule has 1 atom stereocenters. The maximum atomic E-state index is 6.15. The van der Waals surface area contributed by atoms with Crippen molar-refractivity contribution < 1.29 is 0 Å². The second kappa shape index (κ2) is 7.51. The van der Waals surface area contributed by atoms with Gasteiger partial charge in [0.1, 0.15) is 0 Å². The van der Waals surface area contributed by atoms with Gasteiger partial charge in [-0.15, -0.1) is 0 Å². The maximum absolute atomic E-state index is 6.15. The van der Waals surface area contributed by atoms with Crippen LogP contribution in [-0.2, 0) is 6.54 Å². The third-order valence-electron chi connectivity index (χ3n) is 2.70. The van der Waals surface area contributed by atoms with Crippen LogP contribution in [0.4, 0.5) is 0 Å². The third kappa shape index (κ3) is 4.12. The van der Waals surface area contributed by atoms with E-state index in [1.165, 1.54) is 17.3 Å². The Bertz CT molecular complexity index is 409. The van der Waals surface area contributed by atoms with Gasteiger partial charge in [-0.05, 0) is 12.1 Å². The van der Waals surface area contributed by atoms with Gasteiger partial charge in [0.15, 0.2) is 0 Å². The van der Waals surface area contributed by atoms with Gasteiger partial charge in [0, 0.05) is 46.2 Å². The molecule has 1 N–H and O–H groups in total. The van der Waals surface area contributed by atoms with E-state index in [0.29, 0.717) is 26.9 Å². The number of hydrogen-bond acceptors (Lipinski definition) is 3. The second-order valence-corrected chi connectivity index (χ2v) is 7.77. The van der Waals surface area contributed by atoms with Gasteiger partial charge in [0.25, 0.3) is 0 Å². The molecule has 0 bridgehead atoms. The average molecular weight is 343 g/mol. The molecular formula is C12H14Cl3NS2. The molecule has 1 aliphatic heterocycles. The van der Waals surface area contributed by atoms with E-state index in [9.17, 15) is 0 Å². The molecule has 0 amide bonds. The molecule has 1 aromatic carbocycles. The average Bonchev–Trinajstić information content (AvgIpc) is 2.39. The lowest BCUT2D eigenvalue weighted by atomic mass is 10.2. The van der Waals surface area contributed by atoms with E-state index >= 15 is 0 Å². The summed E-state index contributed by atoms with van der Waals surface area (Å²) in [6, 6.07) is 3.52. The van der Waals surface area contributed by atoms with Crippen LogP contribution in [0, 0.1) is 0 Å². The Kier molecular flexibility index (Phi) is 6.32. The zero-order chi connectivity index (χ0) is 13.0. The van der Waals surface area contributed by atoms with Gasteiger partial charge in [-0.25, -0.2) is 0 Å². The van der Waals surface area contributed by atoms with Gasteiger partial charge >= 0.3 is 0 Å². The topological polar surface area (TPSA) is 12.0 Å². The Labute approximate surface area is 131 Å². The highest BCUT2D eigenvalue weighted by Gasteiger charge is 2.15. The predicted octanol–water partition coefficient (Wildman–Crippen LogP) is 4.59. The molecule has 1 saturated heterocycles. The van der Waals surface area contributed by atoms with E-state index in [-0.39, 0.29) is 0 Å². The fourth-order valence-corrected chi connectivity index (χ4v) is 5.07. The third-order valence-corrected chi connectivity index (χ3v) is 6.74. The highest BCUT2D eigenvalue weighted by Crippen LogP contribution is 2.31. The van der Waals surface area contributed by atoms with Crippen molar-refractivity contribution in [3.05, 3.63) is 32.8 Å². The molecule has 1 aliphatic rings. The number of benzene rings is 1. The minimum absolute atomic E-state index is 0.556. The van der Waals surface area contributed by atoms with Crippen LogP contribution in [0.2, 0.25) is 15.1 Å². The number of halogens is 3. The molecule has 100 valence electrons. The molecule has 1 nitrogen and oxygen atoms in total. The van der Waals surface area contributed by atoms with Crippen LogP contribution in [0.25, 0.3) is 0 Å². The molecule has 1 aromatic rings. The smallest absolute Gasteiger partial charge is 0.0652 e. The van der Waals surface area contributed by atoms with Crippen LogP contribution >= 0.6 is 58.3 Å². The lowest BCUT2D eigenvalue weighted by molar-refractivity contribution is 0.686. The Balaban J connectivity index is 1.88. The molecule has 1 heterocycles. The van der Waals surface area contributed by atoms with Crippen molar-refractivity contribution in [2.75, 3.05) is 23.8 Å². The Hall–Kier alpha value is 0.750. The summed E-state index contributed by atoms with van der Waals surface area (Å²) < 4.78 is 0. The molecule has 18 heavy (non-hydrogen) atoms. The fraction of sp³-hybridized carbons (Fsp3) is 0.500. The second-order valence-electron chi connectivity index (χ2n) is 4.02. The van der Waals surface area contributed by atoms with Crippen LogP contribution in [0.15, 0.2) is 12.1 Å². The molecule has 0 spiro atoms. The van der Waals surface area contributed by atoms with Crippen molar-refractivity contribution in [3.8, 4) is 0 Å². The molecular weight excluding hydrogens is 329 g/mol. The van der Waals surface area contributed by atoms with E-state index in [1.807, 2.05) is 23.5 Å². The SMILES string of the molecule is Clc1ccc(Cl)c(CNCC2CSCCS2)c1Cl. The summed E-state index contributed by atoms with van der Waals surface area (Å²) in [7, 11) is 0. The zero-order valence-electron chi connectivity index (χ0n) is 9.72. The van der Waals surface area contributed by atoms with Crippen LogP contribution < -0.4 is 5.32 Å². The highest BCUT2D eigenvalue weighted by molar-refractivity contribution is 8.06. The van der Waals surface area contributed by atoms with E-state index in [1.54, 1.807) is 12.1 Å². The van der Waals surface area contributed by atoms with E-state index in [2.05, 4.69) is 5.32 Å². The van der Waals surface area contributed by atoms with Gasteiger partial charge in [-0.2, -0.15) is 23.5 Å². The zero-order valence-corrected chi connectivity index (χ0v) is 13.6. The monoisotopic (exact) mass is 341 g/mol. The van der Waals surface area contributed by atoms with Crippen molar-refractivity contribution in [1.29, 1.82) is 0 Å². The Morgan fingerprint density at radius 3 is 2.67 bits per heavy atom. The summed E-state index contributed by atoms with van der Waals surface area (Å²) in [5.74, 6) is 3.73. The number of thioether (sulfide) groups is 2. The predicted molar refractivity (Wildman–Crippen MR) is 86.7 cm³/mol. The highest BCUT2D eigenvalue weighted by atomic mass is 35.5. The van der Waals surface area contributed by atoms with Crippen molar-refractivity contribution in [2.45, 2.75) is 11.8 Å². The van der Waals surface area contributed by atoms with Crippen LogP contribution in [0.3, 0.4) is 0 Å². The van der Waals surface area contributed by atoms with Gasteiger partial charge in [-0.3, -0.25) is 0 Å². The van der Waals surface area contributed by atoms with Crippen molar-refractivity contribution in [3.63, 3.8) is 0 Å². The molecule has 6 heteroatoms. The summed E-state index contributed by atoms with van der Waals surface area (Å²) in [6.45, 7) is 1.65. The van der Waals surface area contributed by atoms with Crippen LogP contribution in [0.5, 0.6) is 0 Å². The maximum Gasteiger partial charge on any atom is 0.0652 e. The summed E-state index contributed by atoms with van der Waals surface area (Å²) in [6.07, 6.45) is 0. The lowest BCUT2D eigenvalue weighted by Crippen LogP contribution is -2.28. The fourth-order valence-electron chi connectivity index (χ4n) is 1.74. The molecule has 0 aliphatic carbocycles. The van der Waals surface area contributed by atoms with Crippen molar-refractivity contribution in [1.82, 2.24) is 5.32 Å². The minimum Gasteiger partial charge on any atom is -0.311 e. The number of rotatable bonds is 4. The first-order valence-electron chi connectivity index (χ1n) is 5.71. The Morgan fingerprint density at radius 1 is 1.17 bits per heavy atom. The normalized spacial score (nSPS) is 20.1. The van der Waals surface area contributed by atoms with Crippen molar-refractivity contribution in [2.24, 2.45) is 0 Å². The quantitative estimate of drug-likeness (QED) is 0.804. The standard InChI is InChI=1S/C12H14Cl3NS2/c13-10-1-2-11(14)12(15)9(10)6-16-5-8-7-17-3-4-18-8/h1-2,8,16H,3-7H2. The van der Waals surface area contributed by atoms with Gasteiger partial charge in [0.05, 0.1) is 10.0 Å². The van der Waals surface area contributed by atoms with Crippen LogP contribution in [0.1, 0.15) is 5.56 Å². The van der Waals surface area contributed by atoms with Gasteiger partial charge in [-0.1, -0.05) is 34.8 Å². The van der Waals surface area contributed by atoms with E-state index < -0.39 is 0 Å². The van der Waals surface area contributed by atoms with Crippen molar-refractivity contribution >= 4 is 58.3 Å².